The van der Waals surface area contributed by atoms with Gasteiger partial charge in [0.25, 0.3) is 0 Å². The number of hydrogen-bond donors (Lipinski definition) is 2. The minimum Gasteiger partial charge on any atom is -0.481 e. The molecule has 1 aromatic rings. The van der Waals surface area contributed by atoms with Crippen molar-refractivity contribution in [2.75, 3.05) is 13.1 Å². The second-order valence-electron chi connectivity index (χ2n) is 4.15. The van der Waals surface area contributed by atoms with Crippen LogP contribution in [0.1, 0.15) is 12.8 Å². The Kier molecular flexibility index (Phi) is 6.31. The lowest BCUT2D eigenvalue weighted by Crippen LogP contribution is -2.34. The lowest BCUT2D eigenvalue weighted by molar-refractivity contribution is -0.137. The number of hydrogen-bond acceptors (Lipinski definition) is 4. The Hall–Kier alpha value is -1.45. The first kappa shape index (κ1) is 17.6. The molecule has 0 fully saturated rings. The van der Waals surface area contributed by atoms with Gasteiger partial charge in [0.05, 0.1) is 17.7 Å². The number of halogens is 1. The highest BCUT2D eigenvalue weighted by Gasteiger charge is 2.25. The Morgan fingerprint density at radius 3 is 1.81 bits per heavy atom. The van der Waals surface area contributed by atoms with Gasteiger partial charge in [-0.3, -0.25) is 9.59 Å². The summed E-state index contributed by atoms with van der Waals surface area (Å²) in [4.78, 5) is 21.2. The van der Waals surface area contributed by atoms with E-state index in [0.29, 0.717) is 4.47 Å². The summed E-state index contributed by atoms with van der Waals surface area (Å²) in [5, 5.41) is 17.3. The van der Waals surface area contributed by atoms with Crippen LogP contribution in [-0.4, -0.2) is 48.0 Å². The van der Waals surface area contributed by atoms with Crippen LogP contribution in [0.25, 0.3) is 0 Å². The molecule has 9 heteroatoms. The lowest BCUT2D eigenvalue weighted by atomic mass is 10.4. The maximum absolute atomic E-state index is 12.4. The monoisotopic (exact) mass is 379 g/mol. The van der Waals surface area contributed by atoms with E-state index in [0.717, 1.165) is 4.31 Å². The number of carbonyl (C=O) groups is 2. The molecule has 1 aromatic carbocycles. The summed E-state index contributed by atoms with van der Waals surface area (Å²) in [6.07, 6.45) is -0.787. The van der Waals surface area contributed by atoms with E-state index in [1.54, 1.807) is 12.1 Å². The van der Waals surface area contributed by atoms with E-state index in [2.05, 4.69) is 15.9 Å². The molecule has 0 radical (unpaired) electrons. The Labute approximate surface area is 130 Å². The fourth-order valence-corrected chi connectivity index (χ4v) is 3.25. The van der Waals surface area contributed by atoms with Crippen LogP contribution >= 0.6 is 15.9 Å². The largest absolute Gasteiger partial charge is 0.481 e. The standard InChI is InChI=1S/C12H14BrNO6S/c13-9-1-3-10(4-2-9)21(19,20)14(7-5-11(15)16)8-6-12(17)18/h1-4H,5-8H2,(H,15,16)(H,17,18). The van der Waals surface area contributed by atoms with Crippen molar-refractivity contribution in [3.8, 4) is 0 Å². The molecule has 0 aliphatic rings. The summed E-state index contributed by atoms with van der Waals surface area (Å²) in [7, 11) is -3.92. The molecule has 0 unspecified atom stereocenters. The van der Waals surface area contributed by atoms with Gasteiger partial charge in [0, 0.05) is 17.6 Å². The number of carboxylic acid groups (broad SMARTS) is 2. The quantitative estimate of drug-likeness (QED) is 0.705. The maximum atomic E-state index is 12.4. The summed E-state index contributed by atoms with van der Waals surface area (Å²) in [5.41, 5.74) is 0. The van der Waals surface area contributed by atoms with Crippen LogP contribution in [0.2, 0.25) is 0 Å². The molecule has 7 nitrogen and oxygen atoms in total. The number of nitrogens with zero attached hydrogens (tertiary/aromatic N) is 1. The van der Waals surface area contributed by atoms with Crippen molar-refractivity contribution in [1.82, 2.24) is 4.31 Å². The second kappa shape index (κ2) is 7.53. The van der Waals surface area contributed by atoms with E-state index < -0.39 is 34.8 Å². The van der Waals surface area contributed by atoms with Crippen molar-refractivity contribution in [3.63, 3.8) is 0 Å². The zero-order chi connectivity index (χ0) is 16.0. The minimum absolute atomic E-state index is 0.0125. The summed E-state index contributed by atoms with van der Waals surface area (Å²) >= 11 is 3.18. The molecule has 116 valence electrons. The van der Waals surface area contributed by atoms with Crippen LogP contribution in [0.15, 0.2) is 33.6 Å². The van der Waals surface area contributed by atoms with Crippen LogP contribution in [0.3, 0.4) is 0 Å². The van der Waals surface area contributed by atoms with Gasteiger partial charge in [-0.25, -0.2) is 8.42 Å². The molecule has 0 aliphatic carbocycles. The second-order valence-corrected chi connectivity index (χ2v) is 7.00. The van der Waals surface area contributed by atoms with Crippen molar-refractivity contribution in [2.45, 2.75) is 17.7 Å². The first-order valence-electron chi connectivity index (χ1n) is 5.93. The zero-order valence-electron chi connectivity index (χ0n) is 10.9. The fourth-order valence-electron chi connectivity index (χ4n) is 1.55. The zero-order valence-corrected chi connectivity index (χ0v) is 13.3. The number of rotatable bonds is 8. The van der Waals surface area contributed by atoms with Gasteiger partial charge in [0.1, 0.15) is 0 Å². The Balaban J connectivity index is 3.00. The van der Waals surface area contributed by atoms with Gasteiger partial charge in [-0.15, -0.1) is 0 Å². The molecule has 21 heavy (non-hydrogen) atoms. The summed E-state index contributed by atoms with van der Waals surface area (Å²) in [6, 6.07) is 5.82. The summed E-state index contributed by atoms with van der Waals surface area (Å²) in [6.45, 7) is -0.554. The normalized spacial score (nSPS) is 11.5. The average molecular weight is 380 g/mol. The Bertz CT molecular complexity index is 595. The minimum atomic E-state index is -3.92. The van der Waals surface area contributed by atoms with Crippen LogP contribution in [-0.2, 0) is 19.6 Å². The number of carboxylic acids is 2. The molecule has 0 spiro atoms. The van der Waals surface area contributed by atoms with Gasteiger partial charge in [-0.1, -0.05) is 15.9 Å². The third-order valence-corrected chi connectivity index (χ3v) is 5.04. The Morgan fingerprint density at radius 1 is 1.00 bits per heavy atom. The molecule has 0 aromatic heterocycles. The Morgan fingerprint density at radius 2 is 1.43 bits per heavy atom. The number of benzene rings is 1. The molecule has 0 saturated carbocycles. The van der Waals surface area contributed by atoms with E-state index in [-0.39, 0.29) is 18.0 Å². The van der Waals surface area contributed by atoms with Crippen LogP contribution in [0.4, 0.5) is 0 Å². The van der Waals surface area contributed by atoms with Gasteiger partial charge >= 0.3 is 11.9 Å². The predicted molar refractivity (Wildman–Crippen MR) is 77.4 cm³/mol. The van der Waals surface area contributed by atoms with Crippen molar-refractivity contribution < 1.29 is 28.2 Å². The third kappa shape index (κ3) is 5.44. The highest BCUT2D eigenvalue weighted by Crippen LogP contribution is 2.19. The highest BCUT2D eigenvalue weighted by molar-refractivity contribution is 9.10. The van der Waals surface area contributed by atoms with Gasteiger partial charge in [-0.2, -0.15) is 4.31 Å². The SMILES string of the molecule is O=C(O)CCN(CCC(=O)O)S(=O)(=O)c1ccc(Br)cc1. The smallest absolute Gasteiger partial charge is 0.304 e. The average Bonchev–Trinajstić information content (AvgIpc) is 2.38. The fraction of sp³-hybridized carbons (Fsp3) is 0.333. The molecular weight excluding hydrogens is 366 g/mol. The lowest BCUT2D eigenvalue weighted by Gasteiger charge is -2.20. The van der Waals surface area contributed by atoms with E-state index in [1.165, 1.54) is 12.1 Å². The number of sulfonamides is 1. The number of aliphatic carboxylic acids is 2. The van der Waals surface area contributed by atoms with E-state index in [1.807, 2.05) is 0 Å². The molecule has 2 N–H and O–H groups in total. The first-order valence-corrected chi connectivity index (χ1v) is 8.16. The van der Waals surface area contributed by atoms with Gasteiger partial charge in [0.2, 0.25) is 10.0 Å². The molecule has 1 rings (SSSR count). The molecule has 0 heterocycles. The van der Waals surface area contributed by atoms with Crippen molar-refractivity contribution >= 4 is 37.9 Å². The van der Waals surface area contributed by atoms with Crippen molar-refractivity contribution in [2.24, 2.45) is 0 Å². The first-order chi connectivity index (χ1) is 9.73. The van der Waals surface area contributed by atoms with E-state index >= 15 is 0 Å². The summed E-state index contributed by atoms with van der Waals surface area (Å²) < 4.78 is 26.4. The molecular formula is C12H14BrNO6S. The van der Waals surface area contributed by atoms with Crippen molar-refractivity contribution in [3.05, 3.63) is 28.7 Å². The molecule has 0 atom stereocenters. The van der Waals surface area contributed by atoms with Crippen molar-refractivity contribution in [1.29, 1.82) is 0 Å². The van der Waals surface area contributed by atoms with Crippen LogP contribution in [0.5, 0.6) is 0 Å². The highest BCUT2D eigenvalue weighted by atomic mass is 79.9. The van der Waals surface area contributed by atoms with Crippen LogP contribution < -0.4 is 0 Å². The molecule has 0 bridgehead atoms. The van der Waals surface area contributed by atoms with E-state index in [9.17, 15) is 18.0 Å². The third-order valence-electron chi connectivity index (χ3n) is 2.60. The topological polar surface area (TPSA) is 112 Å². The van der Waals surface area contributed by atoms with Gasteiger partial charge in [0.15, 0.2) is 0 Å². The predicted octanol–water partition coefficient (Wildman–Crippen LogP) is 1.39. The van der Waals surface area contributed by atoms with Gasteiger partial charge in [-0.05, 0) is 24.3 Å². The molecule has 0 aliphatic heterocycles. The van der Waals surface area contributed by atoms with E-state index in [4.69, 9.17) is 10.2 Å². The molecule has 0 saturated heterocycles. The molecule has 0 amide bonds. The maximum Gasteiger partial charge on any atom is 0.304 e. The summed E-state index contributed by atoms with van der Waals surface area (Å²) in [5.74, 6) is -2.30. The van der Waals surface area contributed by atoms with Crippen LogP contribution in [0, 0.1) is 0 Å². The van der Waals surface area contributed by atoms with Gasteiger partial charge < -0.3 is 10.2 Å².